The zero-order valence-corrected chi connectivity index (χ0v) is 18.7. The van der Waals surface area contributed by atoms with Crippen LogP contribution in [0.5, 0.6) is 0 Å². The first-order chi connectivity index (χ1) is 16.5. The Kier molecular flexibility index (Phi) is 7.12. The lowest BCUT2D eigenvalue weighted by Crippen LogP contribution is -2.14. The molecule has 1 aliphatic rings. The molecule has 11 heteroatoms. The molecule has 178 valence electrons. The Morgan fingerprint density at radius 1 is 1.21 bits per heavy atom. The standard InChI is InChI=1S/C23H25FN6O4/c1-34-12-10-25-19-9-6-15(13-20(19)30(32)33)23(31)26-16-7-8-18(24)17(14-16)22-28-27-21-5-3-2-4-11-29(21)22/h6-9,13-14,25H,2-5,10-12H2,1H3,(H,26,31). The van der Waals surface area contributed by atoms with Crippen molar-refractivity contribution in [3.05, 3.63) is 63.7 Å². The number of nitro groups is 1. The number of nitrogens with one attached hydrogen (secondary N) is 2. The number of carbonyl (C=O) groups is 1. The third kappa shape index (κ3) is 5.04. The van der Waals surface area contributed by atoms with Gasteiger partial charge in [-0.25, -0.2) is 4.39 Å². The van der Waals surface area contributed by atoms with E-state index in [0.29, 0.717) is 31.2 Å². The molecule has 2 aromatic carbocycles. The van der Waals surface area contributed by atoms with Crippen LogP contribution in [0.4, 0.5) is 21.5 Å². The quantitative estimate of drug-likeness (QED) is 0.291. The van der Waals surface area contributed by atoms with Gasteiger partial charge in [-0.05, 0) is 43.2 Å². The predicted molar refractivity (Wildman–Crippen MR) is 124 cm³/mol. The highest BCUT2D eigenvalue weighted by Gasteiger charge is 2.21. The van der Waals surface area contributed by atoms with Crippen LogP contribution in [-0.4, -0.2) is 45.9 Å². The van der Waals surface area contributed by atoms with E-state index in [1.165, 1.54) is 43.5 Å². The number of rotatable bonds is 8. The highest BCUT2D eigenvalue weighted by atomic mass is 19.1. The van der Waals surface area contributed by atoms with Gasteiger partial charge in [0.25, 0.3) is 11.6 Å². The molecule has 34 heavy (non-hydrogen) atoms. The molecule has 0 radical (unpaired) electrons. The van der Waals surface area contributed by atoms with Gasteiger partial charge >= 0.3 is 0 Å². The summed E-state index contributed by atoms with van der Waals surface area (Å²) in [6, 6.07) is 8.36. The van der Waals surface area contributed by atoms with E-state index in [1.54, 1.807) is 0 Å². The van der Waals surface area contributed by atoms with Gasteiger partial charge in [-0.3, -0.25) is 14.9 Å². The highest BCUT2D eigenvalue weighted by Crippen LogP contribution is 2.29. The monoisotopic (exact) mass is 468 g/mol. The molecule has 2 N–H and O–H groups in total. The SMILES string of the molecule is COCCNc1ccc(C(=O)Nc2ccc(F)c(-c3nnc4n3CCCCC4)c2)cc1[N+](=O)[O-]. The number of nitrogens with zero attached hydrogens (tertiary/aromatic N) is 4. The molecule has 1 aliphatic heterocycles. The molecule has 4 rings (SSSR count). The third-order valence-corrected chi connectivity index (χ3v) is 5.65. The van der Waals surface area contributed by atoms with Gasteiger partial charge < -0.3 is 19.9 Å². The van der Waals surface area contributed by atoms with Crippen molar-refractivity contribution in [3.8, 4) is 11.4 Å². The maximum atomic E-state index is 14.7. The molecule has 0 unspecified atom stereocenters. The largest absolute Gasteiger partial charge is 0.383 e. The number of fused-ring (bicyclic) bond motifs is 1. The second kappa shape index (κ2) is 10.4. The minimum Gasteiger partial charge on any atom is -0.383 e. The summed E-state index contributed by atoms with van der Waals surface area (Å²) in [5.41, 5.74) is 0.746. The highest BCUT2D eigenvalue weighted by molar-refractivity contribution is 6.05. The first-order valence-electron chi connectivity index (χ1n) is 11.0. The van der Waals surface area contributed by atoms with E-state index >= 15 is 0 Å². The van der Waals surface area contributed by atoms with E-state index in [9.17, 15) is 19.3 Å². The normalized spacial score (nSPS) is 13.1. The summed E-state index contributed by atoms with van der Waals surface area (Å²) in [5, 5.41) is 25.5. The fraction of sp³-hybridized carbons (Fsp3) is 0.348. The lowest BCUT2D eigenvalue weighted by molar-refractivity contribution is -0.384. The number of hydrogen-bond donors (Lipinski definition) is 2. The van der Waals surface area contributed by atoms with Crippen molar-refractivity contribution in [2.45, 2.75) is 32.2 Å². The lowest BCUT2D eigenvalue weighted by Gasteiger charge is -2.11. The minimum atomic E-state index is -0.557. The fourth-order valence-electron chi connectivity index (χ4n) is 3.92. The van der Waals surface area contributed by atoms with Crippen LogP contribution >= 0.6 is 0 Å². The summed E-state index contributed by atoms with van der Waals surface area (Å²) in [4.78, 5) is 23.8. The van der Waals surface area contributed by atoms with Crippen molar-refractivity contribution in [3.63, 3.8) is 0 Å². The van der Waals surface area contributed by atoms with E-state index in [2.05, 4.69) is 20.8 Å². The average Bonchev–Trinajstić information content (AvgIpc) is 3.07. The van der Waals surface area contributed by atoms with Gasteiger partial charge in [-0.2, -0.15) is 0 Å². The molecule has 0 saturated carbocycles. The van der Waals surface area contributed by atoms with Crippen molar-refractivity contribution < 1.29 is 18.8 Å². The van der Waals surface area contributed by atoms with Gasteiger partial charge in [-0.15, -0.1) is 10.2 Å². The first-order valence-corrected chi connectivity index (χ1v) is 11.0. The summed E-state index contributed by atoms with van der Waals surface area (Å²) >= 11 is 0. The van der Waals surface area contributed by atoms with Gasteiger partial charge in [0, 0.05) is 43.9 Å². The molecule has 0 saturated heterocycles. The van der Waals surface area contributed by atoms with Gasteiger partial charge in [0.05, 0.1) is 17.1 Å². The van der Waals surface area contributed by atoms with Crippen molar-refractivity contribution >= 4 is 23.0 Å². The smallest absolute Gasteiger partial charge is 0.293 e. The molecule has 3 aromatic rings. The number of aryl methyl sites for hydroxylation is 1. The number of nitro benzene ring substituents is 1. The minimum absolute atomic E-state index is 0.103. The summed E-state index contributed by atoms with van der Waals surface area (Å²) in [6.45, 7) is 1.47. The average molecular weight is 468 g/mol. The maximum Gasteiger partial charge on any atom is 0.293 e. The van der Waals surface area contributed by atoms with Crippen LogP contribution < -0.4 is 10.6 Å². The Labute approximate surface area is 195 Å². The number of carbonyl (C=O) groups excluding carboxylic acids is 1. The van der Waals surface area contributed by atoms with Crippen LogP contribution in [0.25, 0.3) is 11.4 Å². The third-order valence-electron chi connectivity index (χ3n) is 5.65. The zero-order chi connectivity index (χ0) is 24.1. The summed E-state index contributed by atoms with van der Waals surface area (Å²) in [6.07, 6.45) is 3.85. The molecular formula is C23H25FN6O4. The number of ether oxygens (including phenoxy) is 1. The van der Waals surface area contributed by atoms with E-state index < -0.39 is 16.6 Å². The van der Waals surface area contributed by atoms with Crippen LogP contribution in [0.1, 0.15) is 35.4 Å². The number of amides is 1. The Hall–Kier alpha value is -3.86. The maximum absolute atomic E-state index is 14.7. The van der Waals surface area contributed by atoms with Crippen molar-refractivity contribution in [1.29, 1.82) is 0 Å². The van der Waals surface area contributed by atoms with Gasteiger partial charge in [0.2, 0.25) is 0 Å². The van der Waals surface area contributed by atoms with Crippen molar-refractivity contribution in [2.75, 3.05) is 30.9 Å². The van der Waals surface area contributed by atoms with Crippen molar-refractivity contribution in [1.82, 2.24) is 14.8 Å². The second-order valence-electron chi connectivity index (χ2n) is 7.96. The number of anilines is 2. The second-order valence-corrected chi connectivity index (χ2v) is 7.96. The Morgan fingerprint density at radius 2 is 2.06 bits per heavy atom. The van der Waals surface area contributed by atoms with E-state index in [1.807, 2.05) is 4.57 Å². The Balaban J connectivity index is 1.57. The predicted octanol–water partition coefficient (Wildman–Crippen LogP) is 4.03. The van der Waals surface area contributed by atoms with Gasteiger partial charge in [0.1, 0.15) is 17.3 Å². The van der Waals surface area contributed by atoms with Gasteiger partial charge in [-0.1, -0.05) is 6.42 Å². The topological polar surface area (TPSA) is 124 Å². The van der Waals surface area contributed by atoms with Crippen LogP contribution in [0.2, 0.25) is 0 Å². The number of benzene rings is 2. The lowest BCUT2D eigenvalue weighted by atomic mass is 10.1. The van der Waals surface area contributed by atoms with E-state index in [-0.39, 0.29) is 22.5 Å². The van der Waals surface area contributed by atoms with E-state index in [4.69, 9.17) is 4.74 Å². The van der Waals surface area contributed by atoms with Crippen LogP contribution in [0.15, 0.2) is 36.4 Å². The molecule has 0 atom stereocenters. The molecule has 1 aromatic heterocycles. The van der Waals surface area contributed by atoms with Crippen molar-refractivity contribution in [2.24, 2.45) is 0 Å². The van der Waals surface area contributed by atoms with E-state index in [0.717, 1.165) is 31.5 Å². The fourth-order valence-corrected chi connectivity index (χ4v) is 3.92. The van der Waals surface area contributed by atoms with Crippen LogP contribution in [-0.2, 0) is 17.7 Å². The number of methoxy groups -OCH3 is 1. The summed E-state index contributed by atoms with van der Waals surface area (Å²) in [7, 11) is 1.53. The number of aromatic nitrogens is 3. The Bertz CT molecular complexity index is 1210. The molecular weight excluding hydrogens is 443 g/mol. The Morgan fingerprint density at radius 3 is 2.85 bits per heavy atom. The van der Waals surface area contributed by atoms with Gasteiger partial charge in [0.15, 0.2) is 5.82 Å². The van der Waals surface area contributed by atoms with Crippen LogP contribution in [0.3, 0.4) is 0 Å². The number of halogens is 1. The van der Waals surface area contributed by atoms with Crippen LogP contribution in [0, 0.1) is 15.9 Å². The zero-order valence-electron chi connectivity index (χ0n) is 18.7. The molecule has 0 bridgehead atoms. The molecule has 0 spiro atoms. The summed E-state index contributed by atoms with van der Waals surface area (Å²) in [5.74, 6) is 0.226. The molecule has 0 fully saturated rings. The summed E-state index contributed by atoms with van der Waals surface area (Å²) < 4.78 is 21.6. The molecule has 10 nitrogen and oxygen atoms in total. The number of hydrogen-bond acceptors (Lipinski definition) is 7. The molecule has 2 heterocycles. The first kappa shape index (κ1) is 23.3. The molecule has 0 aliphatic carbocycles. The molecule has 1 amide bonds.